The van der Waals surface area contributed by atoms with Crippen LogP contribution in [0.5, 0.6) is 0 Å². The zero-order valence-electron chi connectivity index (χ0n) is 6.99. The number of carbonyl (C=O) groups excluding carboxylic acids is 1. The number of rotatable bonds is 3. The van der Waals surface area contributed by atoms with Crippen LogP contribution >= 0.6 is 33.9 Å². The van der Waals surface area contributed by atoms with E-state index in [1.165, 1.54) is 18.4 Å². The molecule has 0 fully saturated rings. The molecule has 0 aliphatic heterocycles. The van der Waals surface area contributed by atoms with E-state index >= 15 is 0 Å². The minimum absolute atomic E-state index is 0.181. The molecule has 0 aliphatic rings. The van der Waals surface area contributed by atoms with Gasteiger partial charge in [-0.25, -0.2) is 4.98 Å². The Morgan fingerprint density at radius 1 is 1.92 bits per heavy atom. The Hall–Kier alpha value is -0.210. The molecule has 1 aromatic rings. The number of halogens is 1. The van der Waals surface area contributed by atoms with Gasteiger partial charge in [0, 0.05) is 0 Å². The molecule has 0 saturated heterocycles. The predicted octanol–water partition coefficient (Wildman–Crippen LogP) is 1.31. The Morgan fingerprint density at radius 2 is 2.62 bits per heavy atom. The van der Waals surface area contributed by atoms with Crippen LogP contribution in [0.15, 0.2) is 6.20 Å². The Balaban J connectivity index is 2.58. The van der Waals surface area contributed by atoms with E-state index in [1.54, 1.807) is 6.20 Å². The summed E-state index contributed by atoms with van der Waals surface area (Å²) in [4.78, 5) is 15.0. The monoisotopic (exact) mass is 312 g/mol. The second-order valence-corrected chi connectivity index (χ2v) is 5.35. The number of aromatic nitrogens is 1. The van der Waals surface area contributed by atoms with E-state index in [9.17, 15) is 4.79 Å². The van der Waals surface area contributed by atoms with Crippen molar-refractivity contribution < 1.29 is 9.53 Å². The summed E-state index contributed by atoms with van der Waals surface area (Å²) < 4.78 is 5.57. The lowest BCUT2D eigenvalue weighted by atomic mass is 10.2. The average Bonchev–Trinajstić information content (AvgIpc) is 2.51. The minimum Gasteiger partial charge on any atom is -0.469 e. The highest BCUT2D eigenvalue weighted by Gasteiger charge is 2.14. The van der Waals surface area contributed by atoms with Crippen molar-refractivity contribution in [3.8, 4) is 0 Å². The second kappa shape index (κ2) is 4.87. The van der Waals surface area contributed by atoms with Crippen molar-refractivity contribution in [2.45, 2.75) is 12.5 Å². The summed E-state index contributed by atoms with van der Waals surface area (Å²) in [7, 11) is 1.35. The van der Waals surface area contributed by atoms with Crippen molar-refractivity contribution in [2.24, 2.45) is 5.73 Å². The van der Waals surface area contributed by atoms with E-state index in [-0.39, 0.29) is 18.4 Å². The predicted molar refractivity (Wildman–Crippen MR) is 58.4 cm³/mol. The first-order valence-electron chi connectivity index (χ1n) is 3.57. The molecule has 6 heteroatoms. The summed E-state index contributed by atoms with van der Waals surface area (Å²) in [6, 6.07) is -0.346. The van der Waals surface area contributed by atoms with Crippen LogP contribution in [0.3, 0.4) is 0 Å². The zero-order chi connectivity index (χ0) is 9.84. The van der Waals surface area contributed by atoms with E-state index in [1.807, 2.05) is 0 Å². The number of hydrogen-bond acceptors (Lipinski definition) is 5. The number of carbonyl (C=O) groups is 1. The fourth-order valence-electron chi connectivity index (χ4n) is 0.789. The van der Waals surface area contributed by atoms with Crippen molar-refractivity contribution in [1.29, 1.82) is 0 Å². The molecular formula is C7H9IN2O2S. The first kappa shape index (κ1) is 10.9. The molecule has 0 aliphatic carbocycles. The van der Waals surface area contributed by atoms with Gasteiger partial charge in [0.1, 0.15) is 5.01 Å². The van der Waals surface area contributed by atoms with Gasteiger partial charge in [-0.1, -0.05) is 0 Å². The fraction of sp³-hybridized carbons (Fsp3) is 0.429. The maximum atomic E-state index is 10.9. The topological polar surface area (TPSA) is 65.2 Å². The molecule has 72 valence electrons. The fourth-order valence-corrected chi connectivity index (χ4v) is 2.25. The molecule has 1 atom stereocenters. The summed E-state index contributed by atoms with van der Waals surface area (Å²) in [5.74, 6) is -0.308. The minimum atomic E-state index is -0.346. The van der Waals surface area contributed by atoms with Crippen molar-refractivity contribution in [3.05, 3.63) is 14.1 Å². The summed E-state index contributed by atoms with van der Waals surface area (Å²) in [6.07, 6.45) is 1.91. The molecule has 0 amide bonds. The molecule has 0 radical (unpaired) electrons. The highest BCUT2D eigenvalue weighted by molar-refractivity contribution is 14.1. The average molecular weight is 312 g/mol. The first-order chi connectivity index (χ1) is 6.13. The van der Waals surface area contributed by atoms with Gasteiger partial charge in [0.2, 0.25) is 0 Å². The van der Waals surface area contributed by atoms with Crippen molar-refractivity contribution in [3.63, 3.8) is 0 Å². The zero-order valence-corrected chi connectivity index (χ0v) is 9.96. The molecule has 0 bridgehead atoms. The van der Waals surface area contributed by atoms with Gasteiger partial charge < -0.3 is 10.5 Å². The number of methoxy groups -OCH3 is 1. The van der Waals surface area contributed by atoms with Crippen LogP contribution in [0.1, 0.15) is 17.5 Å². The lowest BCUT2D eigenvalue weighted by molar-refractivity contribution is -0.141. The molecule has 0 aromatic carbocycles. The summed E-state index contributed by atoms with van der Waals surface area (Å²) >= 11 is 3.65. The van der Waals surface area contributed by atoms with Crippen LogP contribution in [0.2, 0.25) is 0 Å². The standard InChI is InChI=1S/C7H9IN2O2S/c1-12-6(11)2-4(9)7-10-3-5(8)13-7/h3-4H,2,9H2,1H3/t4-/m1/s1. The van der Waals surface area contributed by atoms with Crippen molar-refractivity contribution >= 4 is 39.9 Å². The van der Waals surface area contributed by atoms with Crippen LogP contribution in [-0.4, -0.2) is 18.1 Å². The van der Waals surface area contributed by atoms with Gasteiger partial charge in [0.05, 0.1) is 28.7 Å². The summed E-state index contributed by atoms with van der Waals surface area (Å²) in [5.41, 5.74) is 5.73. The number of esters is 1. The Bertz CT molecular complexity index is 302. The van der Waals surface area contributed by atoms with Crippen LogP contribution in [0.25, 0.3) is 0 Å². The molecule has 13 heavy (non-hydrogen) atoms. The number of ether oxygens (including phenoxy) is 1. The third kappa shape index (κ3) is 3.20. The summed E-state index contributed by atoms with van der Waals surface area (Å²) in [6.45, 7) is 0. The second-order valence-electron chi connectivity index (χ2n) is 2.39. The van der Waals surface area contributed by atoms with E-state index in [4.69, 9.17) is 5.73 Å². The lowest BCUT2D eigenvalue weighted by Crippen LogP contribution is -2.15. The lowest BCUT2D eigenvalue weighted by Gasteiger charge is -2.05. The Kier molecular flexibility index (Phi) is 4.07. The van der Waals surface area contributed by atoms with Gasteiger partial charge in [0.15, 0.2) is 0 Å². The quantitative estimate of drug-likeness (QED) is 0.675. The van der Waals surface area contributed by atoms with E-state index in [2.05, 4.69) is 32.3 Å². The molecule has 1 heterocycles. The number of nitrogens with zero attached hydrogens (tertiary/aromatic N) is 1. The van der Waals surface area contributed by atoms with E-state index in [0.717, 1.165) is 7.89 Å². The molecule has 0 unspecified atom stereocenters. The molecule has 2 N–H and O–H groups in total. The van der Waals surface area contributed by atoms with Gasteiger partial charge >= 0.3 is 5.97 Å². The number of nitrogens with two attached hydrogens (primary N) is 1. The van der Waals surface area contributed by atoms with E-state index < -0.39 is 0 Å². The first-order valence-corrected chi connectivity index (χ1v) is 5.46. The molecule has 4 nitrogen and oxygen atoms in total. The maximum Gasteiger partial charge on any atom is 0.307 e. The third-order valence-electron chi connectivity index (χ3n) is 1.43. The van der Waals surface area contributed by atoms with Gasteiger partial charge in [-0.05, 0) is 22.6 Å². The highest BCUT2D eigenvalue weighted by Crippen LogP contribution is 2.21. The van der Waals surface area contributed by atoms with Crippen LogP contribution in [0.4, 0.5) is 0 Å². The van der Waals surface area contributed by atoms with E-state index in [0.29, 0.717) is 0 Å². The highest BCUT2D eigenvalue weighted by atomic mass is 127. The van der Waals surface area contributed by atoms with Gasteiger partial charge in [-0.3, -0.25) is 4.79 Å². The number of hydrogen-bond donors (Lipinski definition) is 1. The van der Waals surface area contributed by atoms with Crippen LogP contribution in [0, 0.1) is 2.88 Å². The van der Waals surface area contributed by atoms with Crippen molar-refractivity contribution in [2.75, 3.05) is 7.11 Å². The molecule has 0 saturated carbocycles. The van der Waals surface area contributed by atoms with Crippen LogP contribution < -0.4 is 5.73 Å². The molecule has 0 spiro atoms. The van der Waals surface area contributed by atoms with Gasteiger partial charge in [-0.15, -0.1) is 11.3 Å². The summed E-state index contributed by atoms with van der Waals surface area (Å²) in [5, 5.41) is 0.773. The van der Waals surface area contributed by atoms with Gasteiger partial charge in [-0.2, -0.15) is 0 Å². The molecule has 1 aromatic heterocycles. The number of thiazole rings is 1. The molecule has 1 rings (SSSR count). The van der Waals surface area contributed by atoms with Crippen molar-refractivity contribution in [1.82, 2.24) is 4.98 Å². The Morgan fingerprint density at radius 3 is 3.08 bits per heavy atom. The third-order valence-corrected chi connectivity index (χ3v) is 3.28. The normalized spacial score (nSPS) is 12.5. The SMILES string of the molecule is COC(=O)C[C@@H](N)c1ncc(I)s1. The maximum absolute atomic E-state index is 10.9. The Labute approximate surface area is 93.6 Å². The van der Waals surface area contributed by atoms with Gasteiger partial charge in [0.25, 0.3) is 0 Å². The smallest absolute Gasteiger partial charge is 0.307 e. The largest absolute Gasteiger partial charge is 0.469 e. The van der Waals surface area contributed by atoms with Crippen LogP contribution in [-0.2, 0) is 9.53 Å². The molecular weight excluding hydrogens is 303 g/mol.